The Morgan fingerprint density at radius 1 is 1.37 bits per heavy atom. The van der Waals surface area contributed by atoms with Gasteiger partial charge in [-0.2, -0.15) is 0 Å². The molecule has 4 heteroatoms. The molecule has 0 spiro atoms. The Morgan fingerprint density at radius 2 is 2.26 bits per heavy atom. The van der Waals surface area contributed by atoms with Crippen LogP contribution >= 0.6 is 11.3 Å². The van der Waals surface area contributed by atoms with Crippen molar-refractivity contribution in [1.29, 1.82) is 0 Å². The molecule has 0 aliphatic carbocycles. The topological polar surface area (TPSA) is 33.2 Å². The quantitative estimate of drug-likeness (QED) is 0.839. The van der Waals surface area contributed by atoms with Crippen molar-refractivity contribution in [2.75, 3.05) is 6.54 Å². The molecule has 2 aromatic rings. The maximum absolute atomic E-state index is 12.6. The van der Waals surface area contributed by atoms with Crippen molar-refractivity contribution in [2.45, 2.75) is 25.8 Å². The fourth-order valence-corrected chi connectivity index (χ4v) is 3.47. The summed E-state index contributed by atoms with van der Waals surface area (Å²) in [5.41, 5.74) is 1.45. The second kappa shape index (κ2) is 5.13. The maximum atomic E-state index is 12.6. The molecule has 1 saturated heterocycles. The van der Waals surface area contributed by atoms with Crippen molar-refractivity contribution in [2.24, 2.45) is 0 Å². The first-order valence-electron chi connectivity index (χ1n) is 6.54. The van der Waals surface area contributed by atoms with E-state index in [0.717, 1.165) is 25.1 Å². The van der Waals surface area contributed by atoms with Crippen molar-refractivity contribution in [3.63, 3.8) is 0 Å². The Morgan fingerprint density at radius 3 is 3.00 bits per heavy atom. The lowest BCUT2D eigenvalue weighted by Gasteiger charge is -2.23. The molecule has 0 N–H and O–H groups in total. The molecule has 0 aromatic carbocycles. The molecule has 2 aromatic heterocycles. The molecule has 1 unspecified atom stereocenters. The summed E-state index contributed by atoms with van der Waals surface area (Å²) in [6.45, 7) is 2.74. The monoisotopic (exact) mass is 272 g/mol. The average Bonchev–Trinajstić information content (AvgIpc) is 3.08. The molecule has 3 rings (SSSR count). The van der Waals surface area contributed by atoms with Crippen LogP contribution in [0.2, 0.25) is 0 Å². The molecule has 1 amide bonds. The molecule has 0 saturated carbocycles. The number of carbonyl (C=O) groups excluding carboxylic acids is 1. The number of hydrogen-bond acceptors (Lipinski definition) is 3. The highest BCUT2D eigenvalue weighted by atomic mass is 32.1. The van der Waals surface area contributed by atoms with E-state index in [2.05, 4.69) is 16.4 Å². The van der Waals surface area contributed by atoms with E-state index in [1.165, 1.54) is 4.88 Å². The van der Waals surface area contributed by atoms with Crippen LogP contribution in [0.4, 0.5) is 0 Å². The Balaban J connectivity index is 1.87. The smallest absolute Gasteiger partial charge is 0.272 e. The summed E-state index contributed by atoms with van der Waals surface area (Å²) in [6, 6.07) is 10.0. The minimum absolute atomic E-state index is 0.0552. The number of aryl methyl sites for hydroxylation is 1. The van der Waals surface area contributed by atoms with Gasteiger partial charge < -0.3 is 4.90 Å². The fraction of sp³-hybridized carbons (Fsp3) is 0.333. The minimum atomic E-state index is 0.0552. The van der Waals surface area contributed by atoms with Crippen LogP contribution in [0.15, 0.2) is 35.7 Å². The third kappa shape index (κ3) is 2.40. The molecule has 1 aliphatic rings. The Labute approximate surface area is 116 Å². The fourth-order valence-electron chi connectivity index (χ4n) is 2.60. The van der Waals surface area contributed by atoms with Gasteiger partial charge in [0.15, 0.2) is 0 Å². The van der Waals surface area contributed by atoms with Crippen LogP contribution < -0.4 is 0 Å². The van der Waals surface area contributed by atoms with E-state index in [-0.39, 0.29) is 11.9 Å². The van der Waals surface area contributed by atoms with E-state index >= 15 is 0 Å². The van der Waals surface area contributed by atoms with Crippen LogP contribution in [-0.4, -0.2) is 22.3 Å². The van der Waals surface area contributed by atoms with E-state index in [9.17, 15) is 4.79 Å². The molecule has 1 atom stereocenters. The Hall–Kier alpha value is -1.68. The first-order chi connectivity index (χ1) is 9.25. The number of carbonyl (C=O) groups is 1. The first kappa shape index (κ1) is 12.4. The summed E-state index contributed by atoms with van der Waals surface area (Å²) in [7, 11) is 0. The number of aromatic nitrogens is 1. The lowest BCUT2D eigenvalue weighted by Crippen LogP contribution is -2.30. The van der Waals surface area contributed by atoms with Crippen molar-refractivity contribution >= 4 is 17.2 Å². The van der Waals surface area contributed by atoms with Gasteiger partial charge in [0, 0.05) is 17.1 Å². The number of nitrogens with zero attached hydrogens (tertiary/aromatic N) is 2. The summed E-state index contributed by atoms with van der Waals surface area (Å²) < 4.78 is 0. The largest absolute Gasteiger partial charge is 0.329 e. The van der Waals surface area contributed by atoms with Crippen molar-refractivity contribution in [3.8, 4) is 0 Å². The zero-order chi connectivity index (χ0) is 13.2. The zero-order valence-corrected chi connectivity index (χ0v) is 11.7. The van der Waals surface area contributed by atoms with Gasteiger partial charge in [-0.15, -0.1) is 11.3 Å². The minimum Gasteiger partial charge on any atom is -0.329 e. The van der Waals surface area contributed by atoms with Gasteiger partial charge in [-0.3, -0.25) is 4.79 Å². The molecule has 19 heavy (non-hydrogen) atoms. The van der Waals surface area contributed by atoms with Gasteiger partial charge in [0.2, 0.25) is 0 Å². The lowest BCUT2D eigenvalue weighted by molar-refractivity contribution is 0.0731. The highest BCUT2D eigenvalue weighted by molar-refractivity contribution is 7.10. The van der Waals surface area contributed by atoms with Crippen LogP contribution in [0.3, 0.4) is 0 Å². The predicted octanol–water partition coefficient (Wildman–Crippen LogP) is 3.43. The first-order valence-corrected chi connectivity index (χ1v) is 7.42. The summed E-state index contributed by atoms with van der Waals surface area (Å²) in [6.07, 6.45) is 2.12. The average molecular weight is 272 g/mol. The van der Waals surface area contributed by atoms with Gasteiger partial charge >= 0.3 is 0 Å². The zero-order valence-electron chi connectivity index (χ0n) is 10.9. The van der Waals surface area contributed by atoms with Gasteiger partial charge in [-0.25, -0.2) is 4.98 Å². The third-order valence-electron chi connectivity index (χ3n) is 3.49. The molecule has 3 nitrogen and oxygen atoms in total. The third-order valence-corrected chi connectivity index (χ3v) is 4.47. The number of amides is 1. The molecule has 3 heterocycles. The van der Waals surface area contributed by atoms with E-state index in [0.29, 0.717) is 5.69 Å². The van der Waals surface area contributed by atoms with Gasteiger partial charge in [0.05, 0.1) is 6.04 Å². The SMILES string of the molecule is Cc1cccc(C(=O)N2CCCC2c2cccs2)n1. The molecular weight excluding hydrogens is 256 g/mol. The summed E-state index contributed by atoms with van der Waals surface area (Å²) in [5.74, 6) is 0.0552. The highest BCUT2D eigenvalue weighted by Crippen LogP contribution is 2.35. The standard InChI is InChI=1S/C15H16N2OS/c1-11-5-2-6-12(16-11)15(18)17-9-3-7-13(17)14-8-4-10-19-14/h2,4-6,8,10,13H,3,7,9H2,1H3. The summed E-state index contributed by atoms with van der Waals surface area (Å²) >= 11 is 1.73. The van der Waals surface area contributed by atoms with Crippen LogP contribution in [0.1, 0.15) is 39.9 Å². The number of thiophene rings is 1. The van der Waals surface area contributed by atoms with Crippen LogP contribution in [-0.2, 0) is 0 Å². The van der Waals surface area contributed by atoms with Gasteiger partial charge in [0.1, 0.15) is 5.69 Å². The van der Waals surface area contributed by atoms with Gasteiger partial charge in [0.25, 0.3) is 5.91 Å². The molecule has 98 valence electrons. The summed E-state index contributed by atoms with van der Waals surface area (Å²) in [5, 5.41) is 2.07. The number of rotatable bonds is 2. The molecule has 0 bridgehead atoms. The highest BCUT2D eigenvalue weighted by Gasteiger charge is 2.31. The van der Waals surface area contributed by atoms with E-state index in [1.54, 1.807) is 17.4 Å². The van der Waals surface area contributed by atoms with E-state index in [4.69, 9.17) is 0 Å². The van der Waals surface area contributed by atoms with Crippen molar-refractivity contribution in [1.82, 2.24) is 9.88 Å². The van der Waals surface area contributed by atoms with E-state index in [1.807, 2.05) is 30.0 Å². The van der Waals surface area contributed by atoms with Crippen LogP contribution in [0.5, 0.6) is 0 Å². The van der Waals surface area contributed by atoms with Crippen LogP contribution in [0.25, 0.3) is 0 Å². The number of likely N-dealkylation sites (tertiary alicyclic amines) is 1. The predicted molar refractivity (Wildman–Crippen MR) is 76.3 cm³/mol. The van der Waals surface area contributed by atoms with Crippen molar-refractivity contribution < 1.29 is 4.79 Å². The molecule has 0 radical (unpaired) electrons. The lowest BCUT2D eigenvalue weighted by atomic mass is 10.2. The maximum Gasteiger partial charge on any atom is 0.272 e. The van der Waals surface area contributed by atoms with Crippen molar-refractivity contribution in [3.05, 3.63) is 52.0 Å². The van der Waals surface area contributed by atoms with E-state index < -0.39 is 0 Å². The number of pyridine rings is 1. The van der Waals surface area contributed by atoms with Crippen LogP contribution in [0, 0.1) is 6.92 Å². The van der Waals surface area contributed by atoms with Gasteiger partial charge in [-0.05, 0) is 43.3 Å². The Kier molecular flexibility index (Phi) is 3.34. The Bertz CT molecular complexity index is 580. The summed E-state index contributed by atoms with van der Waals surface area (Å²) in [4.78, 5) is 20.2. The number of hydrogen-bond donors (Lipinski definition) is 0. The molecular formula is C15H16N2OS. The normalized spacial score (nSPS) is 18.8. The second-order valence-corrected chi connectivity index (χ2v) is 5.82. The molecule has 1 aliphatic heterocycles. The molecule has 1 fully saturated rings. The van der Waals surface area contributed by atoms with Gasteiger partial charge in [-0.1, -0.05) is 12.1 Å². The second-order valence-electron chi connectivity index (χ2n) is 4.84.